The van der Waals surface area contributed by atoms with Gasteiger partial charge in [0.15, 0.2) is 0 Å². The molecule has 0 aliphatic heterocycles. The Labute approximate surface area is 119 Å². The summed E-state index contributed by atoms with van der Waals surface area (Å²) in [4.78, 5) is 12.3. The molecule has 0 atom stereocenters. The second-order valence-corrected chi connectivity index (χ2v) is 6.36. The molecular formula is C15H22N2OS. The summed E-state index contributed by atoms with van der Waals surface area (Å²) in [5.74, 6) is -0.0248. The van der Waals surface area contributed by atoms with E-state index in [0.29, 0.717) is 17.3 Å². The summed E-state index contributed by atoms with van der Waals surface area (Å²) >= 11 is 1.94. The Hall–Kier alpha value is -1.16. The number of anilines is 1. The van der Waals surface area contributed by atoms with Crippen molar-refractivity contribution in [1.82, 2.24) is 5.32 Å². The third-order valence-corrected chi connectivity index (χ3v) is 5.01. The fraction of sp³-hybridized carbons (Fsp3) is 0.533. The molecule has 1 aromatic carbocycles. The SMILES string of the molecule is CSC1CCC(NC(=O)c2c(C)cccc2N)CC1. The van der Waals surface area contributed by atoms with Crippen molar-refractivity contribution in [2.75, 3.05) is 12.0 Å². The zero-order valence-electron chi connectivity index (χ0n) is 11.6. The average Bonchev–Trinajstić information content (AvgIpc) is 2.39. The lowest BCUT2D eigenvalue weighted by molar-refractivity contribution is 0.0928. The van der Waals surface area contributed by atoms with Gasteiger partial charge in [-0.2, -0.15) is 11.8 Å². The van der Waals surface area contributed by atoms with Crippen LogP contribution in [0.1, 0.15) is 41.6 Å². The Morgan fingerprint density at radius 3 is 2.58 bits per heavy atom. The van der Waals surface area contributed by atoms with Crippen LogP contribution in [0.25, 0.3) is 0 Å². The molecule has 0 radical (unpaired) electrons. The van der Waals surface area contributed by atoms with E-state index in [1.165, 1.54) is 12.8 Å². The van der Waals surface area contributed by atoms with Crippen LogP contribution in [0.3, 0.4) is 0 Å². The standard InChI is InChI=1S/C15H22N2OS/c1-10-4-3-5-13(16)14(10)15(18)17-11-6-8-12(19-2)9-7-11/h3-5,11-12H,6-9,16H2,1-2H3,(H,17,18). The first-order chi connectivity index (χ1) is 9.11. The van der Waals surface area contributed by atoms with Crippen molar-refractivity contribution in [3.63, 3.8) is 0 Å². The number of nitrogen functional groups attached to an aromatic ring is 1. The van der Waals surface area contributed by atoms with Crippen molar-refractivity contribution in [2.45, 2.75) is 43.9 Å². The second kappa shape index (κ2) is 6.33. The lowest BCUT2D eigenvalue weighted by Gasteiger charge is -2.28. The lowest BCUT2D eigenvalue weighted by atomic mass is 9.94. The number of hydrogen-bond donors (Lipinski definition) is 2. The molecular weight excluding hydrogens is 256 g/mol. The number of carbonyl (C=O) groups excluding carboxylic acids is 1. The van der Waals surface area contributed by atoms with Crippen LogP contribution in [-0.2, 0) is 0 Å². The Bertz CT molecular complexity index is 433. The van der Waals surface area contributed by atoms with E-state index >= 15 is 0 Å². The highest BCUT2D eigenvalue weighted by atomic mass is 32.2. The first-order valence-corrected chi connectivity index (χ1v) is 8.09. The van der Waals surface area contributed by atoms with Gasteiger partial charge in [0.05, 0.1) is 5.56 Å². The first kappa shape index (κ1) is 14.3. The highest BCUT2D eigenvalue weighted by molar-refractivity contribution is 7.99. The van der Waals surface area contributed by atoms with Crippen LogP contribution in [0, 0.1) is 6.92 Å². The summed E-state index contributed by atoms with van der Waals surface area (Å²) in [5.41, 5.74) is 8.05. The molecule has 0 bridgehead atoms. The van der Waals surface area contributed by atoms with Crippen molar-refractivity contribution < 1.29 is 4.79 Å². The number of amides is 1. The number of hydrogen-bond acceptors (Lipinski definition) is 3. The summed E-state index contributed by atoms with van der Waals surface area (Å²) in [6.45, 7) is 1.93. The van der Waals surface area contributed by atoms with Crippen LogP contribution >= 0.6 is 11.8 Å². The third-order valence-electron chi connectivity index (χ3n) is 3.87. The molecule has 2 rings (SSSR count). The van der Waals surface area contributed by atoms with E-state index in [-0.39, 0.29) is 5.91 Å². The highest BCUT2D eigenvalue weighted by Gasteiger charge is 2.23. The third kappa shape index (κ3) is 3.44. The molecule has 0 unspecified atom stereocenters. The monoisotopic (exact) mass is 278 g/mol. The summed E-state index contributed by atoms with van der Waals surface area (Å²) in [5, 5.41) is 3.89. The normalized spacial score (nSPS) is 23.1. The minimum Gasteiger partial charge on any atom is -0.398 e. The van der Waals surface area contributed by atoms with Gasteiger partial charge >= 0.3 is 0 Å². The molecule has 1 fully saturated rings. The van der Waals surface area contributed by atoms with Crippen LogP contribution in [-0.4, -0.2) is 23.5 Å². The van der Waals surface area contributed by atoms with Crippen molar-refractivity contribution in [1.29, 1.82) is 0 Å². The van der Waals surface area contributed by atoms with Crippen molar-refractivity contribution in [3.8, 4) is 0 Å². The molecule has 1 amide bonds. The number of nitrogens with one attached hydrogen (secondary N) is 1. The topological polar surface area (TPSA) is 55.1 Å². The van der Waals surface area contributed by atoms with Crippen LogP contribution in [0.4, 0.5) is 5.69 Å². The molecule has 3 N–H and O–H groups in total. The lowest BCUT2D eigenvalue weighted by Crippen LogP contribution is -2.38. The average molecular weight is 278 g/mol. The Morgan fingerprint density at radius 2 is 2.00 bits per heavy atom. The zero-order chi connectivity index (χ0) is 13.8. The van der Waals surface area contributed by atoms with Crippen molar-refractivity contribution in [3.05, 3.63) is 29.3 Å². The molecule has 0 spiro atoms. The summed E-state index contributed by atoms with van der Waals surface area (Å²) < 4.78 is 0. The van der Waals surface area contributed by atoms with Crippen molar-refractivity contribution >= 4 is 23.4 Å². The van der Waals surface area contributed by atoms with Gasteiger partial charge in [-0.3, -0.25) is 4.79 Å². The van der Waals surface area contributed by atoms with Gasteiger partial charge in [0.2, 0.25) is 0 Å². The molecule has 0 saturated heterocycles. The fourth-order valence-corrected chi connectivity index (χ4v) is 3.44. The number of benzene rings is 1. The number of rotatable bonds is 3. The van der Waals surface area contributed by atoms with Gasteiger partial charge in [-0.25, -0.2) is 0 Å². The molecule has 1 aliphatic rings. The number of carbonyl (C=O) groups is 1. The minimum absolute atomic E-state index is 0.0248. The summed E-state index contributed by atoms with van der Waals surface area (Å²) in [7, 11) is 0. The predicted molar refractivity (Wildman–Crippen MR) is 82.6 cm³/mol. The quantitative estimate of drug-likeness (QED) is 0.836. The zero-order valence-corrected chi connectivity index (χ0v) is 12.4. The van der Waals surface area contributed by atoms with E-state index in [1.807, 2.05) is 30.8 Å². The molecule has 104 valence electrons. The Kier molecular flexibility index (Phi) is 4.75. The molecule has 0 aromatic heterocycles. The van der Waals surface area contributed by atoms with Gasteiger partial charge < -0.3 is 11.1 Å². The van der Waals surface area contributed by atoms with Crippen LogP contribution in [0.15, 0.2) is 18.2 Å². The second-order valence-electron chi connectivity index (χ2n) is 5.22. The molecule has 1 aliphatic carbocycles. The Morgan fingerprint density at radius 1 is 1.32 bits per heavy atom. The molecule has 1 saturated carbocycles. The van der Waals surface area contributed by atoms with E-state index in [4.69, 9.17) is 5.73 Å². The van der Waals surface area contributed by atoms with Gasteiger partial charge in [0, 0.05) is 17.0 Å². The van der Waals surface area contributed by atoms with Gasteiger partial charge in [-0.05, 0) is 50.5 Å². The van der Waals surface area contributed by atoms with Gasteiger partial charge in [0.25, 0.3) is 5.91 Å². The predicted octanol–water partition coefficient (Wildman–Crippen LogP) is 2.98. The molecule has 3 nitrogen and oxygen atoms in total. The highest BCUT2D eigenvalue weighted by Crippen LogP contribution is 2.27. The van der Waals surface area contributed by atoms with E-state index in [0.717, 1.165) is 23.7 Å². The van der Waals surface area contributed by atoms with Gasteiger partial charge in [-0.15, -0.1) is 0 Å². The maximum absolute atomic E-state index is 12.3. The maximum Gasteiger partial charge on any atom is 0.253 e. The van der Waals surface area contributed by atoms with E-state index < -0.39 is 0 Å². The molecule has 0 heterocycles. The largest absolute Gasteiger partial charge is 0.398 e. The van der Waals surface area contributed by atoms with E-state index in [1.54, 1.807) is 6.07 Å². The van der Waals surface area contributed by atoms with Crippen molar-refractivity contribution in [2.24, 2.45) is 0 Å². The number of thioether (sulfide) groups is 1. The Balaban J connectivity index is 1.98. The number of nitrogens with two attached hydrogens (primary N) is 1. The van der Waals surface area contributed by atoms with Crippen LogP contribution < -0.4 is 11.1 Å². The van der Waals surface area contributed by atoms with E-state index in [2.05, 4.69) is 11.6 Å². The van der Waals surface area contributed by atoms with Crippen LogP contribution in [0.2, 0.25) is 0 Å². The van der Waals surface area contributed by atoms with Gasteiger partial charge in [0.1, 0.15) is 0 Å². The van der Waals surface area contributed by atoms with E-state index in [9.17, 15) is 4.79 Å². The maximum atomic E-state index is 12.3. The van der Waals surface area contributed by atoms with Crippen LogP contribution in [0.5, 0.6) is 0 Å². The summed E-state index contributed by atoms with van der Waals surface area (Å²) in [6, 6.07) is 5.89. The fourth-order valence-electron chi connectivity index (χ4n) is 2.70. The smallest absolute Gasteiger partial charge is 0.253 e. The molecule has 4 heteroatoms. The van der Waals surface area contributed by atoms with Gasteiger partial charge in [-0.1, -0.05) is 12.1 Å². The minimum atomic E-state index is -0.0248. The summed E-state index contributed by atoms with van der Waals surface area (Å²) in [6.07, 6.45) is 6.69. The molecule has 1 aromatic rings. The first-order valence-electron chi connectivity index (χ1n) is 6.80. The molecule has 19 heavy (non-hydrogen) atoms. The number of aryl methyl sites for hydroxylation is 1.